The molecule has 63 heavy (non-hydrogen) atoms. The van der Waals surface area contributed by atoms with E-state index >= 15 is 0 Å². The second-order valence-corrected chi connectivity index (χ2v) is 15.5. The van der Waals surface area contributed by atoms with Gasteiger partial charge in [0.1, 0.15) is 11.8 Å². The number of hydrogen-bond donors (Lipinski definition) is 0. The molecule has 4 aliphatic rings. The fourth-order valence-electron chi connectivity index (χ4n) is 8.96. The Kier molecular flexibility index (Phi) is 9.57. The summed E-state index contributed by atoms with van der Waals surface area (Å²) in [7, 11) is 0. The number of nitro groups is 2. The van der Waals surface area contributed by atoms with E-state index in [9.17, 15) is 39.4 Å². The van der Waals surface area contributed by atoms with Gasteiger partial charge in [-0.2, -0.15) is 0 Å². The Morgan fingerprint density at radius 1 is 0.429 bits per heavy atom. The number of hydroxylamine groups is 2. The van der Waals surface area contributed by atoms with Crippen molar-refractivity contribution in [1.82, 2.24) is 0 Å². The Hall–Kier alpha value is -8.08. The lowest BCUT2D eigenvalue weighted by Gasteiger charge is -2.28. The predicted octanol–water partition coefficient (Wildman–Crippen LogP) is 7.20. The molecule has 0 aliphatic carbocycles. The number of nitro benzene ring substituents is 2. The number of hydrogen-bond acceptors (Lipinski definition) is 12. The van der Waals surface area contributed by atoms with Crippen molar-refractivity contribution in [2.24, 2.45) is 11.8 Å². The van der Waals surface area contributed by atoms with E-state index in [0.29, 0.717) is 40.3 Å². The fourth-order valence-corrected chi connectivity index (χ4v) is 8.96. The number of fused-ring (bicyclic) bond motifs is 2. The average Bonchev–Trinajstić information content (AvgIpc) is 4.03. The maximum Gasteiger partial charge on any atom is 0.269 e. The topological polar surface area (TPSA) is 186 Å². The molecule has 4 saturated heterocycles. The molecule has 6 aromatic carbocycles. The van der Waals surface area contributed by atoms with Crippen LogP contribution >= 0.6 is 0 Å². The van der Waals surface area contributed by atoms with Gasteiger partial charge in [-0.15, -0.1) is 0 Å². The molecule has 4 fully saturated rings. The Morgan fingerprint density at radius 2 is 0.778 bits per heavy atom. The summed E-state index contributed by atoms with van der Waals surface area (Å²) < 4.78 is 0. The lowest BCUT2D eigenvalue weighted by molar-refractivity contribution is -0.385. The van der Waals surface area contributed by atoms with Gasteiger partial charge in [-0.1, -0.05) is 84.9 Å². The summed E-state index contributed by atoms with van der Waals surface area (Å²) in [4.78, 5) is 92.6. The highest BCUT2D eigenvalue weighted by molar-refractivity contribution is 6.24. The van der Waals surface area contributed by atoms with Crippen molar-refractivity contribution >= 4 is 57.8 Å². The van der Waals surface area contributed by atoms with Gasteiger partial charge in [0.25, 0.3) is 23.2 Å². The molecular weight excluding hydrogens is 809 g/mol. The number of para-hydroxylation sites is 2. The van der Waals surface area contributed by atoms with E-state index in [0.717, 1.165) is 20.9 Å². The number of nitrogens with zero attached hydrogens (tertiary/aromatic N) is 6. The van der Waals surface area contributed by atoms with Crippen molar-refractivity contribution in [2.45, 2.75) is 30.7 Å². The monoisotopic (exact) mass is 842 g/mol. The highest BCUT2D eigenvalue weighted by atomic mass is 16.7. The molecule has 0 unspecified atom stereocenters. The summed E-state index contributed by atoms with van der Waals surface area (Å²) in [6, 6.07) is 42.4. The van der Waals surface area contributed by atoms with E-state index in [2.05, 4.69) is 0 Å². The highest BCUT2D eigenvalue weighted by Crippen LogP contribution is 2.49. The smallest absolute Gasteiger partial charge is 0.269 e. The zero-order valence-electron chi connectivity index (χ0n) is 32.9. The minimum atomic E-state index is -1.12. The first-order valence-corrected chi connectivity index (χ1v) is 20.0. The predicted molar refractivity (Wildman–Crippen MR) is 227 cm³/mol. The standard InChI is InChI=1S/C47H34N6O10/c54-44-38-40(30-15-23-36(24-16-30)52(58)59)50(34-7-3-1-4-8-34)62-42(38)46(56)48(44)32-19-11-28(12-20-32)27-29-13-21-33(22-14-29)49-45(55)39-41(31-17-25-37(26-18-31)53(60)61)51(63-43(39)47(49)57)35-9-5-2-6-10-35/h1-26,38-43H,27H2/t38-,39-,40+,41+,42-,43+/m1/s1. The van der Waals surface area contributed by atoms with Gasteiger partial charge in [-0.25, -0.2) is 19.9 Å². The number of benzene rings is 6. The average molecular weight is 843 g/mol. The Morgan fingerprint density at radius 3 is 1.11 bits per heavy atom. The molecule has 0 radical (unpaired) electrons. The van der Waals surface area contributed by atoms with Gasteiger partial charge in [0.2, 0.25) is 11.8 Å². The third-order valence-electron chi connectivity index (χ3n) is 11.9. The molecule has 0 bridgehead atoms. The second-order valence-electron chi connectivity index (χ2n) is 15.5. The van der Waals surface area contributed by atoms with Crippen LogP contribution in [-0.2, 0) is 35.3 Å². The Labute approximate surface area is 358 Å². The summed E-state index contributed by atoms with van der Waals surface area (Å²) in [6.07, 6.45) is -1.78. The number of carbonyl (C=O) groups excluding carboxylic acids is 4. The van der Waals surface area contributed by atoms with Crippen LogP contribution in [0.4, 0.5) is 34.1 Å². The number of amides is 4. The molecule has 4 aliphatic heterocycles. The SMILES string of the molecule is O=C1[C@H]2[C@H](ON(c3ccccc3)[C@H]2c2ccc([N+](=O)[O-])cc2)C(=O)N1c1ccc(Cc2ccc(N3C(=O)[C@H]4[C@@H](ON(c5ccccc5)[C@H]4c4ccc([N+](=O)[O-])cc4)C3=O)cc2)cc1. The van der Waals surface area contributed by atoms with Crippen LogP contribution < -0.4 is 19.9 Å². The van der Waals surface area contributed by atoms with Crippen LogP contribution in [0.2, 0.25) is 0 Å². The number of non-ortho nitro benzene ring substituents is 2. The maximum atomic E-state index is 14.2. The quantitative estimate of drug-likeness (QED) is 0.0769. The van der Waals surface area contributed by atoms with Crippen molar-refractivity contribution in [3.63, 3.8) is 0 Å². The van der Waals surface area contributed by atoms with Gasteiger partial charge in [0.05, 0.1) is 44.7 Å². The third kappa shape index (κ3) is 6.64. The van der Waals surface area contributed by atoms with Crippen LogP contribution in [0.3, 0.4) is 0 Å². The van der Waals surface area contributed by atoms with Crippen molar-refractivity contribution in [2.75, 3.05) is 19.9 Å². The highest BCUT2D eigenvalue weighted by Gasteiger charge is 2.61. The van der Waals surface area contributed by atoms with Crippen molar-refractivity contribution in [1.29, 1.82) is 0 Å². The molecule has 16 heteroatoms. The zero-order chi connectivity index (χ0) is 43.5. The summed E-state index contributed by atoms with van der Waals surface area (Å²) in [5.41, 5.74) is 4.67. The molecular formula is C47H34N6O10. The van der Waals surface area contributed by atoms with Crippen LogP contribution in [-0.4, -0.2) is 45.7 Å². The molecule has 0 saturated carbocycles. The van der Waals surface area contributed by atoms with Crippen LogP contribution in [0.25, 0.3) is 0 Å². The minimum absolute atomic E-state index is 0.103. The molecule has 0 spiro atoms. The normalized spacial score (nSPS) is 22.8. The van der Waals surface area contributed by atoms with E-state index < -0.39 is 69.6 Å². The van der Waals surface area contributed by atoms with Crippen LogP contribution in [0.15, 0.2) is 158 Å². The van der Waals surface area contributed by atoms with Gasteiger partial charge in [0.15, 0.2) is 12.2 Å². The van der Waals surface area contributed by atoms with Crippen molar-refractivity contribution in [3.05, 3.63) is 200 Å². The summed E-state index contributed by atoms with van der Waals surface area (Å²) in [6.45, 7) is 0. The van der Waals surface area contributed by atoms with E-state index in [-0.39, 0.29) is 11.4 Å². The molecule has 16 nitrogen and oxygen atoms in total. The molecule has 10 rings (SSSR count). The lowest BCUT2D eigenvalue weighted by Crippen LogP contribution is -2.37. The first-order valence-electron chi connectivity index (χ1n) is 20.0. The molecule has 6 atom stereocenters. The number of imide groups is 2. The Balaban J connectivity index is 0.850. The first kappa shape index (κ1) is 39.1. The van der Waals surface area contributed by atoms with Gasteiger partial charge in [-0.3, -0.25) is 49.1 Å². The number of anilines is 4. The van der Waals surface area contributed by atoms with Crippen LogP contribution in [0.5, 0.6) is 0 Å². The fraction of sp³-hybridized carbons (Fsp3) is 0.149. The van der Waals surface area contributed by atoms with Crippen LogP contribution in [0.1, 0.15) is 34.3 Å². The van der Waals surface area contributed by atoms with Gasteiger partial charge >= 0.3 is 0 Å². The second kappa shape index (κ2) is 15.4. The maximum absolute atomic E-state index is 14.2. The zero-order valence-corrected chi connectivity index (χ0v) is 32.9. The van der Waals surface area contributed by atoms with E-state index in [1.165, 1.54) is 34.4 Å². The van der Waals surface area contributed by atoms with Crippen molar-refractivity contribution < 1.29 is 38.7 Å². The summed E-state index contributed by atoms with van der Waals surface area (Å²) in [5, 5.41) is 25.8. The van der Waals surface area contributed by atoms with Gasteiger partial charge < -0.3 is 0 Å². The molecule has 4 heterocycles. The number of rotatable bonds is 10. The van der Waals surface area contributed by atoms with Crippen LogP contribution in [0, 0.1) is 32.1 Å². The molecule has 0 N–H and O–H groups in total. The van der Waals surface area contributed by atoms with E-state index in [4.69, 9.17) is 9.68 Å². The largest absolute Gasteiger partial charge is 0.273 e. The third-order valence-corrected chi connectivity index (χ3v) is 11.9. The van der Waals surface area contributed by atoms with Gasteiger partial charge in [0, 0.05) is 24.3 Å². The van der Waals surface area contributed by atoms with Gasteiger partial charge in [-0.05, 0) is 77.2 Å². The van der Waals surface area contributed by atoms with E-state index in [1.54, 1.807) is 72.8 Å². The number of carbonyl (C=O) groups is 4. The molecule has 312 valence electrons. The van der Waals surface area contributed by atoms with E-state index in [1.807, 2.05) is 60.7 Å². The Bertz CT molecular complexity index is 2600. The lowest BCUT2D eigenvalue weighted by atomic mass is 9.90. The van der Waals surface area contributed by atoms with Crippen molar-refractivity contribution in [3.8, 4) is 0 Å². The summed E-state index contributed by atoms with van der Waals surface area (Å²) in [5.74, 6) is -3.80. The minimum Gasteiger partial charge on any atom is -0.273 e. The summed E-state index contributed by atoms with van der Waals surface area (Å²) >= 11 is 0. The molecule has 0 aromatic heterocycles. The molecule has 6 aromatic rings. The molecule has 4 amide bonds. The first-order chi connectivity index (χ1) is 30.6.